The number of thioether (sulfide) groups is 1. The van der Waals surface area contributed by atoms with Crippen molar-refractivity contribution in [3.05, 3.63) is 57.6 Å². The minimum atomic E-state index is -0.112. The van der Waals surface area contributed by atoms with Gasteiger partial charge in [0, 0.05) is 22.3 Å². The van der Waals surface area contributed by atoms with E-state index < -0.39 is 0 Å². The van der Waals surface area contributed by atoms with E-state index in [0.29, 0.717) is 10.0 Å². The zero-order valence-electron chi connectivity index (χ0n) is 11.9. The molecular weight excluding hydrogens is 325 g/mol. The third-order valence-corrected chi connectivity index (χ3v) is 4.96. The van der Waals surface area contributed by atoms with Crippen molar-refractivity contribution < 1.29 is 4.74 Å². The number of hydrogen-bond donors (Lipinski definition) is 1. The number of hydrogen-bond acceptors (Lipinski definition) is 3. The highest BCUT2D eigenvalue weighted by Crippen LogP contribution is 2.32. The highest BCUT2D eigenvalue weighted by Gasteiger charge is 2.13. The minimum Gasteiger partial charge on any atom is -0.496 e. The molecule has 0 spiro atoms. The van der Waals surface area contributed by atoms with Crippen LogP contribution in [0.5, 0.6) is 5.75 Å². The first-order chi connectivity index (χ1) is 10.0. The Bertz CT molecular complexity index is 634. The first kappa shape index (κ1) is 16.5. The van der Waals surface area contributed by atoms with Crippen LogP contribution in [0.15, 0.2) is 41.3 Å². The molecule has 2 aromatic carbocycles. The molecule has 0 fully saturated rings. The number of nitrogens with two attached hydrogens (primary N) is 1. The standard InChI is InChI=1S/C16H17Cl2NOS/c1-10-3-6-16(20-2)12(7-10)15(19)9-21-11-4-5-13(17)14(18)8-11/h3-8,15H,9,19H2,1-2H3. The van der Waals surface area contributed by atoms with E-state index in [1.54, 1.807) is 24.9 Å². The lowest BCUT2D eigenvalue weighted by atomic mass is 10.1. The SMILES string of the molecule is COc1ccc(C)cc1C(N)CSc1ccc(Cl)c(Cl)c1. The molecule has 1 atom stereocenters. The molecule has 0 heterocycles. The van der Waals surface area contributed by atoms with Crippen LogP contribution >= 0.6 is 35.0 Å². The second kappa shape index (κ2) is 7.41. The number of benzene rings is 2. The van der Waals surface area contributed by atoms with Gasteiger partial charge in [0.25, 0.3) is 0 Å². The zero-order valence-corrected chi connectivity index (χ0v) is 14.2. The van der Waals surface area contributed by atoms with Gasteiger partial charge < -0.3 is 10.5 Å². The van der Waals surface area contributed by atoms with Gasteiger partial charge in [0.2, 0.25) is 0 Å². The van der Waals surface area contributed by atoms with Crippen molar-refractivity contribution in [3.63, 3.8) is 0 Å². The lowest BCUT2D eigenvalue weighted by Gasteiger charge is -2.16. The normalized spacial score (nSPS) is 12.2. The topological polar surface area (TPSA) is 35.2 Å². The van der Waals surface area contributed by atoms with Gasteiger partial charge >= 0.3 is 0 Å². The van der Waals surface area contributed by atoms with Gasteiger partial charge in [-0.15, -0.1) is 11.8 Å². The third kappa shape index (κ3) is 4.30. The fraction of sp³-hybridized carbons (Fsp3) is 0.250. The van der Waals surface area contributed by atoms with Crippen molar-refractivity contribution in [1.82, 2.24) is 0 Å². The summed E-state index contributed by atoms with van der Waals surface area (Å²) in [5.74, 6) is 1.56. The molecule has 1 unspecified atom stereocenters. The van der Waals surface area contributed by atoms with Crippen molar-refractivity contribution in [2.75, 3.05) is 12.9 Å². The second-order valence-corrected chi connectivity index (χ2v) is 6.65. The van der Waals surface area contributed by atoms with Gasteiger partial charge in [-0.2, -0.15) is 0 Å². The largest absolute Gasteiger partial charge is 0.496 e. The molecule has 21 heavy (non-hydrogen) atoms. The number of ether oxygens (including phenoxy) is 1. The van der Waals surface area contributed by atoms with E-state index in [1.165, 1.54) is 5.56 Å². The Kier molecular flexibility index (Phi) is 5.82. The number of halogens is 2. The van der Waals surface area contributed by atoms with Crippen LogP contribution in [-0.2, 0) is 0 Å². The van der Waals surface area contributed by atoms with Gasteiger partial charge in [0.1, 0.15) is 5.75 Å². The van der Waals surface area contributed by atoms with Gasteiger partial charge in [-0.25, -0.2) is 0 Å². The fourth-order valence-electron chi connectivity index (χ4n) is 1.99. The predicted molar refractivity (Wildman–Crippen MR) is 91.8 cm³/mol. The monoisotopic (exact) mass is 341 g/mol. The van der Waals surface area contributed by atoms with E-state index >= 15 is 0 Å². The van der Waals surface area contributed by atoms with Gasteiger partial charge in [-0.3, -0.25) is 0 Å². The van der Waals surface area contributed by atoms with Gasteiger partial charge in [-0.05, 0) is 31.2 Å². The Labute approximate surface area is 139 Å². The Hall–Kier alpha value is -0.870. The van der Waals surface area contributed by atoms with E-state index in [1.807, 2.05) is 31.2 Å². The smallest absolute Gasteiger partial charge is 0.123 e. The molecule has 2 N–H and O–H groups in total. The summed E-state index contributed by atoms with van der Waals surface area (Å²) in [6, 6.07) is 11.5. The van der Waals surface area contributed by atoms with E-state index in [-0.39, 0.29) is 6.04 Å². The third-order valence-electron chi connectivity index (χ3n) is 3.11. The molecule has 0 aliphatic rings. The molecule has 0 saturated carbocycles. The summed E-state index contributed by atoms with van der Waals surface area (Å²) in [6.45, 7) is 2.04. The van der Waals surface area contributed by atoms with E-state index in [0.717, 1.165) is 22.0 Å². The van der Waals surface area contributed by atoms with Gasteiger partial charge in [0.15, 0.2) is 0 Å². The van der Waals surface area contributed by atoms with Crippen LogP contribution in [0.1, 0.15) is 17.2 Å². The summed E-state index contributed by atoms with van der Waals surface area (Å²) in [5, 5.41) is 1.12. The average Bonchev–Trinajstić information content (AvgIpc) is 2.48. The molecule has 0 saturated heterocycles. The fourth-order valence-corrected chi connectivity index (χ4v) is 3.27. The van der Waals surface area contributed by atoms with Crippen molar-refractivity contribution >= 4 is 35.0 Å². The van der Waals surface area contributed by atoms with Crippen molar-refractivity contribution in [3.8, 4) is 5.75 Å². The number of methoxy groups -OCH3 is 1. The molecular formula is C16H17Cl2NOS. The van der Waals surface area contributed by atoms with Crippen LogP contribution in [0, 0.1) is 6.92 Å². The second-order valence-electron chi connectivity index (χ2n) is 4.74. The molecule has 0 amide bonds. The summed E-state index contributed by atoms with van der Waals surface area (Å²) in [6.07, 6.45) is 0. The van der Waals surface area contributed by atoms with Crippen molar-refractivity contribution in [2.24, 2.45) is 5.73 Å². The maximum atomic E-state index is 6.30. The highest BCUT2D eigenvalue weighted by molar-refractivity contribution is 7.99. The highest BCUT2D eigenvalue weighted by atomic mass is 35.5. The Morgan fingerprint density at radius 2 is 1.90 bits per heavy atom. The first-order valence-electron chi connectivity index (χ1n) is 6.49. The molecule has 0 radical (unpaired) electrons. The van der Waals surface area contributed by atoms with Gasteiger partial charge in [-0.1, -0.05) is 40.9 Å². The average molecular weight is 342 g/mol. The van der Waals surface area contributed by atoms with Crippen LogP contribution < -0.4 is 10.5 Å². The molecule has 0 aliphatic heterocycles. The molecule has 5 heteroatoms. The minimum absolute atomic E-state index is 0.112. The summed E-state index contributed by atoms with van der Waals surface area (Å²) in [4.78, 5) is 1.05. The molecule has 0 aliphatic carbocycles. The molecule has 0 aromatic heterocycles. The molecule has 112 valence electrons. The lowest BCUT2D eigenvalue weighted by Crippen LogP contribution is -2.14. The van der Waals surface area contributed by atoms with Crippen LogP contribution in [0.4, 0.5) is 0 Å². The van der Waals surface area contributed by atoms with Gasteiger partial charge in [0.05, 0.1) is 17.2 Å². The van der Waals surface area contributed by atoms with E-state index in [9.17, 15) is 0 Å². The Morgan fingerprint density at radius 1 is 1.14 bits per heavy atom. The number of aryl methyl sites for hydroxylation is 1. The molecule has 0 bridgehead atoms. The Balaban J connectivity index is 2.09. The first-order valence-corrected chi connectivity index (χ1v) is 8.23. The van der Waals surface area contributed by atoms with E-state index in [4.69, 9.17) is 33.7 Å². The summed E-state index contributed by atoms with van der Waals surface area (Å²) < 4.78 is 5.38. The quantitative estimate of drug-likeness (QED) is 0.768. The van der Waals surface area contributed by atoms with Crippen LogP contribution in [0.3, 0.4) is 0 Å². The maximum absolute atomic E-state index is 6.30. The van der Waals surface area contributed by atoms with Crippen molar-refractivity contribution in [2.45, 2.75) is 17.9 Å². The van der Waals surface area contributed by atoms with Crippen LogP contribution in [-0.4, -0.2) is 12.9 Å². The lowest BCUT2D eigenvalue weighted by molar-refractivity contribution is 0.407. The van der Waals surface area contributed by atoms with Crippen LogP contribution in [0.2, 0.25) is 10.0 Å². The maximum Gasteiger partial charge on any atom is 0.123 e. The summed E-state index contributed by atoms with van der Waals surface area (Å²) in [5.41, 5.74) is 8.48. The van der Waals surface area contributed by atoms with E-state index in [2.05, 4.69) is 6.07 Å². The molecule has 2 nitrogen and oxygen atoms in total. The summed E-state index contributed by atoms with van der Waals surface area (Å²) >= 11 is 13.6. The zero-order chi connectivity index (χ0) is 15.4. The van der Waals surface area contributed by atoms with Crippen LogP contribution in [0.25, 0.3) is 0 Å². The Morgan fingerprint density at radius 3 is 2.57 bits per heavy atom. The molecule has 2 rings (SSSR count). The number of rotatable bonds is 5. The summed E-state index contributed by atoms with van der Waals surface area (Å²) in [7, 11) is 1.66. The predicted octanol–water partition coefficient (Wildman–Crippen LogP) is 5.10. The van der Waals surface area contributed by atoms with Crippen molar-refractivity contribution in [1.29, 1.82) is 0 Å². The molecule has 2 aromatic rings.